The van der Waals surface area contributed by atoms with Crippen molar-refractivity contribution in [2.75, 3.05) is 48.4 Å². The zero-order chi connectivity index (χ0) is 23.3. The molecule has 1 aliphatic carbocycles. The lowest BCUT2D eigenvalue weighted by molar-refractivity contribution is -0.116. The van der Waals surface area contributed by atoms with E-state index in [1.165, 1.54) is 13.2 Å². The molecule has 0 bridgehead atoms. The summed E-state index contributed by atoms with van der Waals surface area (Å²) >= 11 is 0. The summed E-state index contributed by atoms with van der Waals surface area (Å²) in [6.07, 6.45) is 6.48. The highest BCUT2D eigenvalue weighted by Crippen LogP contribution is 2.33. The van der Waals surface area contributed by atoms with E-state index in [0.717, 1.165) is 12.8 Å². The Balaban J connectivity index is 1.64. The molecule has 1 heterocycles. The number of sulfonamides is 1. The van der Waals surface area contributed by atoms with E-state index in [-0.39, 0.29) is 16.7 Å². The fourth-order valence-corrected chi connectivity index (χ4v) is 5.44. The standard InChI is InChI=1S/C24H29N3O5S/c1-31-22-9-5-4-8-20(22)26-33(29,30)23-17-19(25-24(28)16-18-6-2-3-7-18)10-11-21(23)27-12-14-32-15-13-27/h2,4-6,8-11,17-18,26H,3,7,12-16H2,1H3,(H,25,28). The molecule has 1 amide bonds. The Morgan fingerprint density at radius 2 is 1.97 bits per heavy atom. The lowest BCUT2D eigenvalue weighted by Gasteiger charge is -2.30. The largest absolute Gasteiger partial charge is 0.495 e. The number of anilines is 3. The first kappa shape index (κ1) is 23.1. The van der Waals surface area contributed by atoms with Crippen LogP contribution in [0.5, 0.6) is 5.75 Å². The van der Waals surface area contributed by atoms with Gasteiger partial charge in [0.25, 0.3) is 10.0 Å². The van der Waals surface area contributed by atoms with Gasteiger partial charge in [-0.25, -0.2) is 8.42 Å². The number of nitrogens with one attached hydrogen (secondary N) is 2. The molecule has 1 fully saturated rings. The van der Waals surface area contributed by atoms with Crippen LogP contribution in [-0.2, 0) is 19.6 Å². The van der Waals surface area contributed by atoms with E-state index in [1.54, 1.807) is 36.4 Å². The normalized spacial score (nSPS) is 18.2. The van der Waals surface area contributed by atoms with Crippen molar-refractivity contribution in [1.29, 1.82) is 0 Å². The van der Waals surface area contributed by atoms with Gasteiger partial charge in [0.2, 0.25) is 5.91 Å². The summed E-state index contributed by atoms with van der Waals surface area (Å²) in [5.41, 5.74) is 1.35. The van der Waals surface area contributed by atoms with E-state index in [1.807, 2.05) is 4.90 Å². The van der Waals surface area contributed by atoms with E-state index < -0.39 is 10.0 Å². The predicted molar refractivity (Wildman–Crippen MR) is 128 cm³/mol. The first-order chi connectivity index (χ1) is 16.0. The van der Waals surface area contributed by atoms with Gasteiger partial charge in [0, 0.05) is 25.2 Å². The summed E-state index contributed by atoms with van der Waals surface area (Å²) < 4.78 is 40.4. The zero-order valence-electron chi connectivity index (χ0n) is 18.6. The minimum absolute atomic E-state index is 0.0915. The Kier molecular flexibility index (Phi) is 7.20. The third-order valence-corrected chi connectivity index (χ3v) is 7.19. The monoisotopic (exact) mass is 471 g/mol. The van der Waals surface area contributed by atoms with Crippen LogP contribution < -0.4 is 19.7 Å². The average Bonchev–Trinajstić information content (AvgIpc) is 3.32. The van der Waals surface area contributed by atoms with E-state index in [0.29, 0.717) is 55.5 Å². The molecule has 2 N–H and O–H groups in total. The van der Waals surface area contributed by atoms with Crippen molar-refractivity contribution in [3.05, 3.63) is 54.6 Å². The number of amides is 1. The lowest BCUT2D eigenvalue weighted by atomic mass is 10.1. The minimum atomic E-state index is -3.98. The van der Waals surface area contributed by atoms with Gasteiger partial charge in [-0.2, -0.15) is 0 Å². The van der Waals surface area contributed by atoms with Gasteiger partial charge in [-0.3, -0.25) is 9.52 Å². The third kappa shape index (κ3) is 5.66. The SMILES string of the molecule is COc1ccccc1NS(=O)(=O)c1cc(NC(=O)CC2C=CCC2)ccc1N1CCOCC1. The number of ether oxygens (including phenoxy) is 2. The molecule has 1 aliphatic heterocycles. The molecule has 1 saturated heterocycles. The summed E-state index contributed by atoms with van der Waals surface area (Å²) in [6, 6.07) is 11.8. The highest BCUT2D eigenvalue weighted by molar-refractivity contribution is 7.93. The second kappa shape index (κ2) is 10.3. The van der Waals surface area contributed by atoms with E-state index in [9.17, 15) is 13.2 Å². The second-order valence-electron chi connectivity index (χ2n) is 8.11. The number of nitrogens with zero attached hydrogens (tertiary/aromatic N) is 1. The number of para-hydroxylation sites is 2. The number of carbonyl (C=O) groups is 1. The average molecular weight is 472 g/mol. The Hall–Kier alpha value is -3.04. The molecule has 1 atom stereocenters. The van der Waals surface area contributed by atoms with Crippen molar-refractivity contribution in [3.63, 3.8) is 0 Å². The molecular formula is C24H29N3O5S. The van der Waals surface area contributed by atoms with Crippen LogP contribution in [0.3, 0.4) is 0 Å². The summed E-state index contributed by atoms with van der Waals surface area (Å²) in [5, 5.41) is 2.86. The molecule has 176 valence electrons. The maximum Gasteiger partial charge on any atom is 0.264 e. The predicted octanol–water partition coefficient (Wildman–Crippen LogP) is 3.63. The van der Waals surface area contributed by atoms with E-state index in [4.69, 9.17) is 9.47 Å². The number of hydrogen-bond acceptors (Lipinski definition) is 6. The molecule has 0 radical (unpaired) electrons. The molecule has 1 unspecified atom stereocenters. The Labute approximate surface area is 194 Å². The van der Waals surface area contributed by atoms with Crippen molar-refractivity contribution in [2.45, 2.75) is 24.2 Å². The fraction of sp³-hybridized carbons (Fsp3) is 0.375. The van der Waals surface area contributed by atoms with Gasteiger partial charge in [0.05, 0.1) is 31.7 Å². The first-order valence-electron chi connectivity index (χ1n) is 11.1. The number of morpholine rings is 1. The van der Waals surface area contributed by atoms with Crippen molar-refractivity contribution in [1.82, 2.24) is 0 Å². The van der Waals surface area contributed by atoms with Crippen LogP contribution >= 0.6 is 0 Å². The molecule has 0 saturated carbocycles. The summed E-state index contributed by atoms with van der Waals surface area (Å²) in [6.45, 7) is 2.20. The van der Waals surface area contributed by atoms with Crippen molar-refractivity contribution < 1.29 is 22.7 Å². The summed E-state index contributed by atoms with van der Waals surface area (Å²) in [7, 11) is -2.49. The van der Waals surface area contributed by atoms with E-state index >= 15 is 0 Å². The van der Waals surface area contributed by atoms with Gasteiger partial charge in [-0.1, -0.05) is 24.3 Å². The highest BCUT2D eigenvalue weighted by atomic mass is 32.2. The highest BCUT2D eigenvalue weighted by Gasteiger charge is 2.25. The molecule has 33 heavy (non-hydrogen) atoms. The van der Waals surface area contributed by atoms with E-state index in [2.05, 4.69) is 22.2 Å². The van der Waals surface area contributed by atoms with Gasteiger partial charge in [0.1, 0.15) is 10.6 Å². The summed E-state index contributed by atoms with van der Waals surface area (Å²) in [5.74, 6) is 0.516. The quantitative estimate of drug-likeness (QED) is 0.571. The van der Waals surface area contributed by atoms with Gasteiger partial charge >= 0.3 is 0 Å². The molecule has 4 rings (SSSR count). The van der Waals surface area contributed by atoms with Crippen LogP contribution in [0.2, 0.25) is 0 Å². The topological polar surface area (TPSA) is 97.0 Å². The third-order valence-electron chi connectivity index (χ3n) is 5.80. The van der Waals surface area contributed by atoms with Gasteiger partial charge < -0.3 is 19.7 Å². The number of carbonyl (C=O) groups excluding carboxylic acids is 1. The Bertz CT molecular complexity index is 1130. The van der Waals surface area contributed by atoms with Crippen molar-refractivity contribution in [2.24, 2.45) is 5.92 Å². The number of benzene rings is 2. The van der Waals surface area contributed by atoms with Crippen LogP contribution in [0.25, 0.3) is 0 Å². The minimum Gasteiger partial charge on any atom is -0.495 e. The van der Waals surface area contributed by atoms with Gasteiger partial charge in [0.15, 0.2) is 0 Å². The van der Waals surface area contributed by atoms with Crippen molar-refractivity contribution in [3.8, 4) is 5.75 Å². The van der Waals surface area contributed by atoms with Crippen LogP contribution in [-0.4, -0.2) is 47.7 Å². The molecule has 8 nitrogen and oxygen atoms in total. The smallest absolute Gasteiger partial charge is 0.264 e. The maximum absolute atomic E-state index is 13.5. The molecule has 0 spiro atoms. The van der Waals surface area contributed by atoms with Crippen LogP contribution in [0.4, 0.5) is 17.1 Å². The second-order valence-corrected chi connectivity index (χ2v) is 9.76. The number of hydrogen-bond donors (Lipinski definition) is 2. The molecule has 0 aromatic heterocycles. The van der Waals surface area contributed by atoms with Crippen LogP contribution in [0.1, 0.15) is 19.3 Å². The molecule has 2 aromatic rings. The Morgan fingerprint density at radius 1 is 1.18 bits per heavy atom. The number of methoxy groups -OCH3 is 1. The molecule has 2 aromatic carbocycles. The van der Waals surface area contributed by atoms with Crippen molar-refractivity contribution >= 4 is 33.0 Å². The van der Waals surface area contributed by atoms with Gasteiger partial charge in [-0.05, 0) is 49.1 Å². The van der Waals surface area contributed by atoms with Crippen LogP contribution in [0, 0.1) is 5.92 Å². The number of allylic oxidation sites excluding steroid dienone is 2. The molecular weight excluding hydrogens is 442 g/mol. The Morgan fingerprint density at radius 3 is 2.70 bits per heavy atom. The molecule has 2 aliphatic rings. The summed E-state index contributed by atoms with van der Waals surface area (Å²) in [4.78, 5) is 14.6. The molecule has 9 heteroatoms. The van der Waals surface area contributed by atoms with Gasteiger partial charge in [-0.15, -0.1) is 0 Å². The first-order valence-corrected chi connectivity index (χ1v) is 12.5. The zero-order valence-corrected chi connectivity index (χ0v) is 19.4. The number of rotatable bonds is 8. The fourth-order valence-electron chi connectivity index (χ4n) is 4.12. The lowest BCUT2D eigenvalue weighted by Crippen LogP contribution is -2.37. The van der Waals surface area contributed by atoms with Crippen LogP contribution in [0.15, 0.2) is 59.5 Å². The maximum atomic E-state index is 13.5.